The van der Waals surface area contributed by atoms with Crippen molar-refractivity contribution in [2.24, 2.45) is 0 Å². The molecule has 1 aromatic heterocycles. The van der Waals surface area contributed by atoms with Crippen molar-refractivity contribution in [1.82, 2.24) is 20.2 Å². The van der Waals surface area contributed by atoms with Gasteiger partial charge in [-0.15, -0.1) is 0 Å². The van der Waals surface area contributed by atoms with E-state index in [-0.39, 0.29) is 17.4 Å². The molecule has 3 aromatic rings. The number of halogens is 1. The van der Waals surface area contributed by atoms with Gasteiger partial charge in [-0.1, -0.05) is 24.3 Å². The van der Waals surface area contributed by atoms with Crippen molar-refractivity contribution in [3.63, 3.8) is 0 Å². The lowest BCUT2D eigenvalue weighted by Gasteiger charge is -2.37. The number of anilines is 1. The van der Waals surface area contributed by atoms with E-state index in [9.17, 15) is 9.50 Å². The normalized spacial score (nSPS) is 31.5. The largest absolute Gasteiger partial charge is 0.508 e. The van der Waals surface area contributed by atoms with Gasteiger partial charge in [0.2, 0.25) is 0 Å². The number of ether oxygens (including phenoxy) is 2. The fourth-order valence-corrected chi connectivity index (χ4v) is 7.96. The van der Waals surface area contributed by atoms with E-state index in [0.29, 0.717) is 50.7 Å². The first-order chi connectivity index (χ1) is 19.5. The van der Waals surface area contributed by atoms with Crippen LogP contribution in [0.2, 0.25) is 0 Å². The molecule has 2 bridgehead atoms. The number of nitrogens with zero attached hydrogens (tertiary/aromatic N) is 4. The molecule has 3 unspecified atom stereocenters. The van der Waals surface area contributed by atoms with Gasteiger partial charge >= 0.3 is 6.01 Å². The van der Waals surface area contributed by atoms with Crippen LogP contribution in [-0.4, -0.2) is 76.6 Å². The molecule has 2 aromatic carbocycles. The van der Waals surface area contributed by atoms with Crippen LogP contribution in [0.5, 0.6) is 11.8 Å². The fraction of sp³-hybridized carbons (Fsp3) is 0.548. The van der Waals surface area contributed by atoms with Crippen LogP contribution in [0.25, 0.3) is 10.8 Å². The van der Waals surface area contributed by atoms with Crippen LogP contribution in [-0.2, 0) is 17.8 Å². The average Bonchev–Trinajstić information content (AvgIpc) is 3.60. The van der Waals surface area contributed by atoms with Crippen LogP contribution in [0, 0.1) is 0 Å². The van der Waals surface area contributed by atoms with Crippen LogP contribution >= 0.6 is 0 Å². The van der Waals surface area contributed by atoms with Crippen molar-refractivity contribution in [3.8, 4) is 11.8 Å². The zero-order chi connectivity index (χ0) is 26.8. The van der Waals surface area contributed by atoms with Gasteiger partial charge in [-0.2, -0.15) is 9.97 Å². The predicted octanol–water partition coefficient (Wildman–Crippen LogP) is 4.05. The number of rotatable bonds is 5. The maximum Gasteiger partial charge on any atom is 0.318 e. The topological polar surface area (TPSA) is 83.0 Å². The Labute approximate surface area is 233 Å². The van der Waals surface area contributed by atoms with Crippen molar-refractivity contribution in [2.75, 3.05) is 37.7 Å². The molecular weight excluding hydrogens is 509 g/mol. The van der Waals surface area contributed by atoms with Crippen LogP contribution < -0.4 is 15.0 Å². The van der Waals surface area contributed by atoms with Crippen molar-refractivity contribution in [3.05, 3.63) is 53.2 Å². The first kappa shape index (κ1) is 24.8. The van der Waals surface area contributed by atoms with Gasteiger partial charge < -0.3 is 24.8 Å². The molecule has 210 valence electrons. The zero-order valence-corrected chi connectivity index (χ0v) is 22.7. The molecular formula is C31H36FN5O3. The minimum atomic E-state index is -0.796. The lowest BCUT2D eigenvalue weighted by atomic mass is 9.94. The van der Waals surface area contributed by atoms with Gasteiger partial charge in [-0.05, 0) is 60.7 Å². The van der Waals surface area contributed by atoms with Crippen LogP contribution in [0.3, 0.4) is 0 Å². The number of nitrogens with one attached hydrogen (secondary N) is 1. The Balaban J connectivity index is 1.14. The molecule has 6 heterocycles. The lowest BCUT2D eigenvalue weighted by molar-refractivity contribution is 0.0262. The number of hydrogen-bond donors (Lipinski definition) is 2. The summed E-state index contributed by atoms with van der Waals surface area (Å²) in [6, 6.07) is 13.0. The number of benzene rings is 2. The maximum atomic E-state index is 14.4. The molecule has 9 heteroatoms. The standard InChI is InChI=1S/C31H36FN5O3/c32-20-13-31(8-3-9-37(31)14-20)18-40-30-34-27-12-28(25-11-23(38)10-19-4-1-2-5-24(19)25)39-17-26(27)29(35-30)36-15-21-6-7-22(16-36)33-21/h1-2,4-5,10-11,20-22,28,33,38H,3,6-9,12-18H2/t20-,21?,22?,28?,31+/m1/s1. The maximum absolute atomic E-state index is 14.4. The molecule has 5 aliphatic rings. The number of alkyl halides is 1. The summed E-state index contributed by atoms with van der Waals surface area (Å²) in [7, 11) is 0. The van der Waals surface area contributed by atoms with Gasteiger partial charge in [0.05, 0.1) is 23.9 Å². The van der Waals surface area contributed by atoms with Gasteiger partial charge in [0.15, 0.2) is 0 Å². The van der Waals surface area contributed by atoms with E-state index >= 15 is 0 Å². The minimum Gasteiger partial charge on any atom is -0.508 e. The Bertz CT molecular complexity index is 1440. The van der Waals surface area contributed by atoms with Crippen molar-refractivity contribution in [2.45, 2.75) is 75.0 Å². The summed E-state index contributed by atoms with van der Waals surface area (Å²) in [5, 5.41) is 16.2. The molecule has 0 radical (unpaired) electrons. The number of phenolic OH excluding ortho intramolecular Hbond substituents is 1. The lowest BCUT2D eigenvalue weighted by Crippen LogP contribution is -2.52. The minimum absolute atomic E-state index is 0.231. The summed E-state index contributed by atoms with van der Waals surface area (Å²) in [6.45, 7) is 4.05. The molecule has 2 N–H and O–H groups in total. The monoisotopic (exact) mass is 545 g/mol. The summed E-state index contributed by atoms with van der Waals surface area (Å²) in [5.74, 6) is 1.14. The molecule has 8 nitrogen and oxygen atoms in total. The van der Waals surface area contributed by atoms with Crippen molar-refractivity contribution in [1.29, 1.82) is 0 Å². The molecule has 8 rings (SSSR count). The Hall–Kier alpha value is -3.01. The highest BCUT2D eigenvalue weighted by molar-refractivity contribution is 5.87. The molecule has 5 atom stereocenters. The number of hydrogen-bond acceptors (Lipinski definition) is 8. The summed E-state index contributed by atoms with van der Waals surface area (Å²) in [4.78, 5) is 14.6. The molecule has 40 heavy (non-hydrogen) atoms. The molecule has 4 saturated heterocycles. The van der Waals surface area contributed by atoms with E-state index in [1.807, 2.05) is 24.3 Å². The molecule has 0 aliphatic carbocycles. The Morgan fingerprint density at radius 1 is 1.12 bits per heavy atom. The summed E-state index contributed by atoms with van der Waals surface area (Å²) >= 11 is 0. The number of piperazine rings is 1. The molecule has 4 fully saturated rings. The second-order valence-corrected chi connectivity index (χ2v) is 12.4. The first-order valence-corrected chi connectivity index (χ1v) is 14.8. The van der Waals surface area contributed by atoms with E-state index in [1.165, 1.54) is 12.8 Å². The third kappa shape index (κ3) is 4.21. The van der Waals surface area contributed by atoms with Gasteiger partial charge in [-0.3, -0.25) is 4.90 Å². The molecule has 5 aliphatic heterocycles. The van der Waals surface area contributed by atoms with E-state index < -0.39 is 6.17 Å². The number of aromatic hydroxyl groups is 1. The first-order valence-electron chi connectivity index (χ1n) is 14.8. The highest BCUT2D eigenvalue weighted by atomic mass is 19.1. The molecule has 0 saturated carbocycles. The number of aromatic nitrogens is 2. The van der Waals surface area contributed by atoms with Gasteiger partial charge in [-0.25, -0.2) is 4.39 Å². The van der Waals surface area contributed by atoms with E-state index in [4.69, 9.17) is 19.4 Å². The Morgan fingerprint density at radius 3 is 2.85 bits per heavy atom. The van der Waals surface area contributed by atoms with Crippen LogP contribution in [0.15, 0.2) is 36.4 Å². The molecule has 0 amide bonds. The quantitative estimate of drug-likeness (QED) is 0.497. The second kappa shape index (κ2) is 9.53. The average molecular weight is 546 g/mol. The summed E-state index contributed by atoms with van der Waals surface area (Å²) in [5.41, 5.74) is 2.67. The van der Waals surface area contributed by atoms with Crippen LogP contribution in [0.4, 0.5) is 10.2 Å². The van der Waals surface area contributed by atoms with E-state index in [1.54, 1.807) is 6.07 Å². The summed E-state index contributed by atoms with van der Waals surface area (Å²) in [6.07, 6.45) is 4.44. The Morgan fingerprint density at radius 2 is 1.98 bits per heavy atom. The SMILES string of the molecule is Oc1cc(C2Cc3nc(OC[C@@]45CCCN4C[C@H](F)C5)nc(N4CC5CCC(C4)N5)c3CO2)c2ccccc2c1. The highest BCUT2D eigenvalue weighted by Crippen LogP contribution is 2.42. The van der Waals surface area contributed by atoms with Gasteiger partial charge in [0.1, 0.15) is 24.3 Å². The smallest absolute Gasteiger partial charge is 0.318 e. The van der Waals surface area contributed by atoms with E-state index in [2.05, 4.69) is 21.2 Å². The third-order valence-electron chi connectivity index (χ3n) is 9.83. The number of fused-ring (bicyclic) bond motifs is 5. The predicted molar refractivity (Wildman–Crippen MR) is 150 cm³/mol. The van der Waals surface area contributed by atoms with Gasteiger partial charge in [0.25, 0.3) is 0 Å². The highest BCUT2D eigenvalue weighted by Gasteiger charge is 2.49. The zero-order valence-electron chi connectivity index (χ0n) is 22.7. The van der Waals surface area contributed by atoms with Crippen molar-refractivity contribution >= 4 is 16.6 Å². The Kier molecular flexibility index (Phi) is 5.90. The van der Waals surface area contributed by atoms with Gasteiger partial charge in [0, 0.05) is 50.1 Å². The second-order valence-electron chi connectivity index (χ2n) is 12.4. The summed E-state index contributed by atoms with van der Waals surface area (Å²) < 4.78 is 27.3. The number of phenols is 1. The third-order valence-corrected chi connectivity index (χ3v) is 9.83. The fourth-order valence-electron chi connectivity index (χ4n) is 7.96. The van der Waals surface area contributed by atoms with E-state index in [0.717, 1.165) is 65.9 Å². The van der Waals surface area contributed by atoms with Crippen LogP contribution in [0.1, 0.15) is 55.0 Å². The molecule has 0 spiro atoms. The van der Waals surface area contributed by atoms with Crippen molar-refractivity contribution < 1.29 is 19.0 Å².